The van der Waals surface area contributed by atoms with Crippen LogP contribution in [0.15, 0.2) is 10.7 Å². The molecule has 16 heavy (non-hydrogen) atoms. The zero-order valence-corrected chi connectivity index (χ0v) is 11.4. The highest BCUT2D eigenvalue weighted by Crippen LogP contribution is 2.23. The predicted octanol–water partition coefficient (Wildman–Crippen LogP) is 0.887. The number of hydrogen-bond acceptors (Lipinski definition) is 4. The summed E-state index contributed by atoms with van der Waals surface area (Å²) in [4.78, 5) is 2.07. The molecule has 0 saturated heterocycles. The molecule has 0 aromatic carbocycles. The maximum absolute atomic E-state index is 9.91. The molecule has 1 atom stereocenters. The number of halogens is 1. The highest BCUT2D eigenvalue weighted by Gasteiger charge is 2.17. The molecule has 6 heteroatoms. The van der Waals surface area contributed by atoms with Gasteiger partial charge in [-0.25, -0.2) is 0 Å². The summed E-state index contributed by atoms with van der Waals surface area (Å²) >= 11 is 3.38. The summed E-state index contributed by atoms with van der Waals surface area (Å²) in [7, 11) is 5.57. The van der Waals surface area contributed by atoms with E-state index in [2.05, 4.69) is 25.9 Å². The van der Waals surface area contributed by atoms with E-state index in [-0.39, 0.29) is 6.61 Å². The number of ether oxygens (including phenoxy) is 1. The fraction of sp³-hybridized carbons (Fsp3) is 0.700. The molecular formula is C10H18BrN3O2. The molecule has 1 heterocycles. The Morgan fingerprint density at radius 2 is 2.31 bits per heavy atom. The van der Waals surface area contributed by atoms with Crippen molar-refractivity contribution in [2.75, 3.05) is 34.4 Å². The van der Waals surface area contributed by atoms with E-state index in [9.17, 15) is 5.11 Å². The Kier molecular flexibility index (Phi) is 5.40. The average Bonchev–Trinajstić information content (AvgIpc) is 2.57. The van der Waals surface area contributed by atoms with Crippen molar-refractivity contribution in [3.63, 3.8) is 0 Å². The van der Waals surface area contributed by atoms with Gasteiger partial charge < -0.3 is 14.7 Å². The minimum Gasteiger partial charge on any atom is -0.384 e. The molecule has 0 amide bonds. The van der Waals surface area contributed by atoms with Gasteiger partial charge in [0.2, 0.25) is 0 Å². The maximum atomic E-state index is 9.91. The smallest absolute Gasteiger partial charge is 0.120 e. The second-order valence-corrected chi connectivity index (χ2v) is 4.73. The fourth-order valence-corrected chi connectivity index (χ4v) is 1.97. The molecule has 5 nitrogen and oxygen atoms in total. The van der Waals surface area contributed by atoms with Gasteiger partial charge >= 0.3 is 0 Å². The molecule has 1 unspecified atom stereocenters. The molecule has 92 valence electrons. The van der Waals surface area contributed by atoms with Crippen LogP contribution in [-0.4, -0.2) is 54.1 Å². The van der Waals surface area contributed by atoms with Crippen LogP contribution in [0.1, 0.15) is 11.8 Å². The first-order valence-corrected chi connectivity index (χ1v) is 5.88. The van der Waals surface area contributed by atoms with Gasteiger partial charge in [0, 0.05) is 13.7 Å². The summed E-state index contributed by atoms with van der Waals surface area (Å²) in [6, 6.07) is 0. The van der Waals surface area contributed by atoms with Crippen molar-refractivity contribution in [1.82, 2.24) is 14.7 Å². The highest BCUT2D eigenvalue weighted by molar-refractivity contribution is 9.10. The third-order valence-electron chi connectivity index (χ3n) is 2.23. The van der Waals surface area contributed by atoms with Gasteiger partial charge in [0.15, 0.2) is 0 Å². The first-order valence-electron chi connectivity index (χ1n) is 5.09. The number of hydrogen-bond donors (Lipinski definition) is 1. The van der Waals surface area contributed by atoms with Crippen molar-refractivity contribution in [2.45, 2.75) is 12.6 Å². The lowest BCUT2D eigenvalue weighted by atomic mass is 10.2. The van der Waals surface area contributed by atoms with Crippen LogP contribution >= 0.6 is 15.9 Å². The lowest BCUT2D eigenvalue weighted by Gasteiger charge is -2.15. The van der Waals surface area contributed by atoms with Crippen LogP contribution in [-0.2, 0) is 11.3 Å². The number of aromatic nitrogens is 2. The number of rotatable bonds is 6. The molecule has 1 aromatic rings. The van der Waals surface area contributed by atoms with E-state index >= 15 is 0 Å². The molecule has 0 saturated carbocycles. The lowest BCUT2D eigenvalue weighted by Crippen LogP contribution is -2.22. The number of methoxy groups -OCH3 is 1. The van der Waals surface area contributed by atoms with Gasteiger partial charge in [0.25, 0.3) is 0 Å². The van der Waals surface area contributed by atoms with E-state index in [4.69, 9.17) is 4.74 Å². The summed E-state index contributed by atoms with van der Waals surface area (Å²) in [6.45, 7) is 1.89. The summed E-state index contributed by atoms with van der Waals surface area (Å²) < 4.78 is 7.56. The van der Waals surface area contributed by atoms with Gasteiger partial charge in [0.05, 0.1) is 29.5 Å². The zero-order chi connectivity index (χ0) is 12.1. The second-order valence-electron chi connectivity index (χ2n) is 3.88. The molecule has 0 radical (unpaired) electrons. The molecule has 1 rings (SSSR count). The first-order chi connectivity index (χ1) is 7.56. The average molecular weight is 292 g/mol. The van der Waals surface area contributed by atoms with Crippen molar-refractivity contribution >= 4 is 15.9 Å². The van der Waals surface area contributed by atoms with E-state index in [0.717, 1.165) is 23.3 Å². The molecule has 0 aliphatic carbocycles. The number of aliphatic hydroxyl groups excluding tert-OH is 1. The standard InChI is InChI=1S/C10H18BrN3O2/c1-13(2)4-5-14-10(8(11)6-12-14)9(15)7-16-3/h6,9,15H,4-5,7H2,1-3H3. The van der Waals surface area contributed by atoms with Gasteiger partial charge in [-0.15, -0.1) is 0 Å². The van der Waals surface area contributed by atoms with Crippen LogP contribution < -0.4 is 0 Å². The monoisotopic (exact) mass is 291 g/mol. The fourth-order valence-electron chi connectivity index (χ4n) is 1.41. The molecule has 0 fully saturated rings. The maximum Gasteiger partial charge on any atom is 0.120 e. The van der Waals surface area contributed by atoms with E-state index in [1.54, 1.807) is 18.0 Å². The van der Waals surface area contributed by atoms with Crippen molar-refractivity contribution in [3.8, 4) is 0 Å². The van der Waals surface area contributed by atoms with Crippen LogP contribution in [0, 0.1) is 0 Å². The SMILES string of the molecule is COCC(O)c1c(Br)cnn1CCN(C)C. The predicted molar refractivity (Wildman–Crippen MR) is 65.3 cm³/mol. The van der Waals surface area contributed by atoms with Crippen molar-refractivity contribution in [3.05, 3.63) is 16.4 Å². The summed E-state index contributed by atoms with van der Waals surface area (Å²) in [5, 5.41) is 14.1. The van der Waals surface area contributed by atoms with Crippen LogP contribution in [0.5, 0.6) is 0 Å². The van der Waals surface area contributed by atoms with Gasteiger partial charge in [-0.05, 0) is 30.0 Å². The molecule has 0 bridgehead atoms. The third-order valence-corrected chi connectivity index (χ3v) is 2.84. The molecular weight excluding hydrogens is 274 g/mol. The Morgan fingerprint density at radius 3 is 2.88 bits per heavy atom. The van der Waals surface area contributed by atoms with Crippen LogP contribution in [0.4, 0.5) is 0 Å². The quantitative estimate of drug-likeness (QED) is 0.846. The van der Waals surface area contributed by atoms with Crippen molar-refractivity contribution in [1.29, 1.82) is 0 Å². The van der Waals surface area contributed by atoms with E-state index in [0.29, 0.717) is 0 Å². The molecule has 0 aliphatic heterocycles. The van der Waals surface area contributed by atoms with E-state index in [1.807, 2.05) is 14.1 Å². The highest BCUT2D eigenvalue weighted by atomic mass is 79.9. The lowest BCUT2D eigenvalue weighted by molar-refractivity contribution is 0.0578. The van der Waals surface area contributed by atoms with Gasteiger partial charge in [-0.3, -0.25) is 4.68 Å². The number of nitrogens with zero attached hydrogens (tertiary/aromatic N) is 3. The largest absolute Gasteiger partial charge is 0.384 e. The Morgan fingerprint density at radius 1 is 1.62 bits per heavy atom. The van der Waals surface area contributed by atoms with E-state index < -0.39 is 6.10 Å². The molecule has 1 aromatic heterocycles. The van der Waals surface area contributed by atoms with Crippen LogP contribution in [0.25, 0.3) is 0 Å². The van der Waals surface area contributed by atoms with Gasteiger partial charge in [-0.2, -0.15) is 5.10 Å². The minimum absolute atomic E-state index is 0.270. The normalized spacial score (nSPS) is 13.4. The van der Waals surface area contributed by atoms with Crippen LogP contribution in [0.3, 0.4) is 0 Å². The Bertz CT molecular complexity index is 328. The molecule has 1 N–H and O–H groups in total. The Labute approximate surface area is 104 Å². The summed E-state index contributed by atoms with van der Waals surface area (Å²) in [6.07, 6.45) is 1.05. The Balaban J connectivity index is 2.76. The minimum atomic E-state index is -0.649. The zero-order valence-electron chi connectivity index (χ0n) is 9.85. The topological polar surface area (TPSA) is 50.5 Å². The van der Waals surface area contributed by atoms with E-state index in [1.165, 1.54) is 0 Å². The molecule has 0 aliphatic rings. The number of likely N-dealkylation sites (N-methyl/N-ethyl adjacent to an activating group) is 1. The van der Waals surface area contributed by atoms with Crippen LogP contribution in [0.2, 0.25) is 0 Å². The van der Waals surface area contributed by atoms with Gasteiger partial charge in [-0.1, -0.05) is 0 Å². The van der Waals surface area contributed by atoms with Gasteiger partial charge in [0.1, 0.15) is 6.10 Å². The number of aliphatic hydroxyl groups is 1. The summed E-state index contributed by atoms with van der Waals surface area (Å²) in [5.74, 6) is 0. The third kappa shape index (κ3) is 3.55. The van der Waals surface area contributed by atoms with Crippen molar-refractivity contribution < 1.29 is 9.84 Å². The molecule has 0 spiro atoms. The van der Waals surface area contributed by atoms with Crippen molar-refractivity contribution in [2.24, 2.45) is 0 Å². The second kappa shape index (κ2) is 6.34. The summed E-state index contributed by atoms with van der Waals surface area (Å²) in [5.41, 5.74) is 0.767. The first kappa shape index (κ1) is 13.6. The Hall–Kier alpha value is -0.430.